The quantitative estimate of drug-likeness (QED) is 0.325. The highest BCUT2D eigenvalue weighted by molar-refractivity contribution is 7.11. The van der Waals surface area contributed by atoms with E-state index in [2.05, 4.69) is 19.1 Å². The highest BCUT2D eigenvalue weighted by Gasteiger charge is 2.23. The summed E-state index contributed by atoms with van der Waals surface area (Å²) in [6, 6.07) is 21.6. The number of aryl methyl sites for hydroxylation is 2. The molecule has 0 aliphatic rings. The second kappa shape index (κ2) is 13.1. The number of carbonyl (C=O) groups is 2. The number of hydrogen-bond acceptors (Lipinski definition) is 4. The molecule has 0 saturated carbocycles. The van der Waals surface area contributed by atoms with Crippen LogP contribution in [0.25, 0.3) is 0 Å². The highest BCUT2D eigenvalue weighted by Crippen LogP contribution is 2.19. The molecule has 2 aromatic carbocycles. The first-order chi connectivity index (χ1) is 16.5. The van der Waals surface area contributed by atoms with Crippen molar-refractivity contribution in [2.75, 3.05) is 26.3 Å². The topological polar surface area (TPSA) is 49.9 Å². The average Bonchev–Trinajstić information content (AvgIpc) is 3.25. The first-order valence-electron chi connectivity index (χ1n) is 11.8. The monoisotopic (exact) mass is 478 g/mol. The lowest BCUT2D eigenvalue weighted by atomic mass is 10.1. The maximum Gasteiger partial charge on any atom is 0.254 e. The number of nitrogens with zero attached hydrogens (tertiary/aromatic N) is 2. The van der Waals surface area contributed by atoms with Gasteiger partial charge in [-0.3, -0.25) is 9.59 Å². The minimum atomic E-state index is -0.128. The minimum Gasteiger partial charge on any atom is -0.382 e. The Morgan fingerprint density at radius 1 is 0.882 bits per heavy atom. The molecule has 1 aromatic heterocycles. The number of ether oxygens (including phenoxy) is 1. The van der Waals surface area contributed by atoms with E-state index in [4.69, 9.17) is 4.74 Å². The maximum atomic E-state index is 13.6. The van der Waals surface area contributed by atoms with Gasteiger partial charge in [-0.15, -0.1) is 11.3 Å². The molecule has 3 rings (SSSR count). The van der Waals surface area contributed by atoms with Crippen molar-refractivity contribution in [3.63, 3.8) is 0 Å². The van der Waals surface area contributed by atoms with Gasteiger partial charge in [0, 0.05) is 41.6 Å². The molecular weight excluding hydrogens is 444 g/mol. The first kappa shape index (κ1) is 25.7. The van der Waals surface area contributed by atoms with Crippen LogP contribution in [0.1, 0.15) is 44.6 Å². The van der Waals surface area contributed by atoms with Gasteiger partial charge in [0.1, 0.15) is 6.54 Å². The summed E-state index contributed by atoms with van der Waals surface area (Å²) < 4.78 is 5.47. The molecule has 0 saturated heterocycles. The van der Waals surface area contributed by atoms with Crippen LogP contribution in [-0.2, 0) is 22.6 Å². The smallest absolute Gasteiger partial charge is 0.254 e. The molecule has 0 unspecified atom stereocenters. The van der Waals surface area contributed by atoms with Crippen LogP contribution >= 0.6 is 11.3 Å². The van der Waals surface area contributed by atoms with Gasteiger partial charge in [0.2, 0.25) is 5.91 Å². The van der Waals surface area contributed by atoms with E-state index in [1.807, 2.05) is 73.3 Å². The zero-order valence-electron chi connectivity index (χ0n) is 20.3. The van der Waals surface area contributed by atoms with Crippen molar-refractivity contribution >= 4 is 23.2 Å². The van der Waals surface area contributed by atoms with Crippen molar-refractivity contribution in [1.29, 1.82) is 0 Å². The molecule has 2 amide bonds. The standard InChI is InChI=1S/C28H34N2O3S/c1-4-33-18-8-17-29(28(32)25-14-11-22(2)12-15-25)21-27(31)30(19-24-9-6-5-7-10-24)20-26-16-13-23(3)34-26/h5-7,9-16H,4,8,17-21H2,1-3H3. The normalized spacial score (nSPS) is 10.8. The average molecular weight is 479 g/mol. The summed E-state index contributed by atoms with van der Waals surface area (Å²) in [6.07, 6.45) is 0.682. The lowest BCUT2D eigenvalue weighted by Gasteiger charge is -2.28. The molecule has 0 spiro atoms. The third kappa shape index (κ3) is 7.82. The van der Waals surface area contributed by atoms with E-state index in [1.165, 1.54) is 4.88 Å². The summed E-state index contributed by atoms with van der Waals surface area (Å²) in [5, 5.41) is 0. The van der Waals surface area contributed by atoms with Crippen molar-refractivity contribution < 1.29 is 14.3 Å². The van der Waals surface area contributed by atoms with Crippen LogP contribution < -0.4 is 0 Å². The molecule has 34 heavy (non-hydrogen) atoms. The van der Waals surface area contributed by atoms with Crippen LogP contribution in [0.5, 0.6) is 0 Å². The van der Waals surface area contributed by atoms with Gasteiger partial charge in [0.05, 0.1) is 6.54 Å². The van der Waals surface area contributed by atoms with E-state index in [9.17, 15) is 9.59 Å². The molecule has 0 fully saturated rings. The summed E-state index contributed by atoms with van der Waals surface area (Å²) in [5.74, 6) is -0.191. The molecule has 1 heterocycles. The molecule has 0 aliphatic heterocycles. The van der Waals surface area contributed by atoms with Crippen molar-refractivity contribution in [2.24, 2.45) is 0 Å². The SMILES string of the molecule is CCOCCCN(CC(=O)N(Cc1ccccc1)Cc1ccc(C)s1)C(=O)c1ccc(C)cc1. The summed E-state index contributed by atoms with van der Waals surface area (Å²) in [6.45, 7) is 8.74. The molecule has 3 aromatic rings. The summed E-state index contributed by atoms with van der Waals surface area (Å²) in [5.41, 5.74) is 2.76. The van der Waals surface area contributed by atoms with Gasteiger partial charge in [0.25, 0.3) is 5.91 Å². The third-order valence-corrected chi connectivity index (χ3v) is 6.53. The number of rotatable bonds is 12. The predicted octanol–water partition coefficient (Wildman–Crippen LogP) is 5.46. The Morgan fingerprint density at radius 3 is 2.26 bits per heavy atom. The van der Waals surface area contributed by atoms with Gasteiger partial charge in [0.15, 0.2) is 0 Å². The Balaban J connectivity index is 1.78. The number of carbonyl (C=O) groups excluding carboxylic acids is 2. The van der Waals surface area contributed by atoms with Crippen molar-refractivity contribution in [3.8, 4) is 0 Å². The van der Waals surface area contributed by atoms with Crippen molar-refractivity contribution in [3.05, 3.63) is 93.2 Å². The number of amides is 2. The van der Waals surface area contributed by atoms with E-state index in [0.29, 0.717) is 44.8 Å². The molecule has 0 aliphatic carbocycles. The Kier molecular flexibility index (Phi) is 9.86. The Hall–Kier alpha value is -2.96. The summed E-state index contributed by atoms with van der Waals surface area (Å²) >= 11 is 1.70. The Labute approximate surface area is 207 Å². The van der Waals surface area contributed by atoms with Crippen molar-refractivity contribution in [2.45, 2.75) is 40.3 Å². The number of thiophene rings is 1. The van der Waals surface area contributed by atoms with Gasteiger partial charge in [-0.05, 0) is 57.0 Å². The number of benzene rings is 2. The van der Waals surface area contributed by atoms with E-state index < -0.39 is 0 Å². The van der Waals surface area contributed by atoms with Crippen LogP contribution in [0, 0.1) is 13.8 Å². The molecule has 0 N–H and O–H groups in total. The van der Waals surface area contributed by atoms with Crippen LogP contribution in [0.2, 0.25) is 0 Å². The van der Waals surface area contributed by atoms with Crippen LogP contribution in [0.3, 0.4) is 0 Å². The number of hydrogen-bond donors (Lipinski definition) is 0. The first-order valence-corrected chi connectivity index (χ1v) is 12.6. The van der Waals surface area contributed by atoms with Crippen LogP contribution in [0.4, 0.5) is 0 Å². The summed E-state index contributed by atoms with van der Waals surface area (Å²) in [7, 11) is 0. The lowest BCUT2D eigenvalue weighted by molar-refractivity contribution is -0.133. The Morgan fingerprint density at radius 2 is 1.62 bits per heavy atom. The zero-order valence-corrected chi connectivity index (χ0v) is 21.1. The van der Waals surface area contributed by atoms with Gasteiger partial charge in [-0.25, -0.2) is 0 Å². The second-order valence-electron chi connectivity index (χ2n) is 8.39. The molecule has 0 bridgehead atoms. The van der Waals surface area contributed by atoms with E-state index in [1.54, 1.807) is 16.2 Å². The van der Waals surface area contributed by atoms with E-state index in [-0.39, 0.29) is 18.4 Å². The molecule has 180 valence electrons. The molecule has 0 radical (unpaired) electrons. The maximum absolute atomic E-state index is 13.6. The fourth-order valence-electron chi connectivity index (χ4n) is 3.69. The Bertz CT molecular complexity index is 1050. The fraction of sp³-hybridized carbons (Fsp3) is 0.357. The lowest BCUT2D eigenvalue weighted by Crippen LogP contribution is -2.43. The summed E-state index contributed by atoms with van der Waals surface area (Å²) in [4.78, 5) is 32.7. The van der Waals surface area contributed by atoms with Gasteiger partial charge < -0.3 is 14.5 Å². The van der Waals surface area contributed by atoms with Crippen LogP contribution in [0.15, 0.2) is 66.7 Å². The largest absolute Gasteiger partial charge is 0.382 e. The fourth-order valence-corrected chi connectivity index (χ4v) is 4.60. The van der Waals surface area contributed by atoms with Gasteiger partial charge in [-0.2, -0.15) is 0 Å². The van der Waals surface area contributed by atoms with Crippen molar-refractivity contribution in [1.82, 2.24) is 9.80 Å². The minimum absolute atomic E-state index is 0.0377. The van der Waals surface area contributed by atoms with E-state index >= 15 is 0 Å². The molecule has 0 atom stereocenters. The highest BCUT2D eigenvalue weighted by atomic mass is 32.1. The van der Waals surface area contributed by atoms with Gasteiger partial charge in [-0.1, -0.05) is 48.0 Å². The molecular formula is C28H34N2O3S. The van der Waals surface area contributed by atoms with E-state index in [0.717, 1.165) is 16.0 Å². The van der Waals surface area contributed by atoms with Crippen LogP contribution in [-0.4, -0.2) is 47.9 Å². The second-order valence-corrected chi connectivity index (χ2v) is 9.76. The van der Waals surface area contributed by atoms with Gasteiger partial charge >= 0.3 is 0 Å². The zero-order chi connectivity index (χ0) is 24.3. The predicted molar refractivity (Wildman–Crippen MR) is 138 cm³/mol. The third-order valence-electron chi connectivity index (χ3n) is 5.54. The molecule has 5 nitrogen and oxygen atoms in total. The molecule has 6 heteroatoms.